The molecule has 1 aromatic carbocycles. The molecule has 0 aliphatic carbocycles. The minimum absolute atomic E-state index is 0.0125. The molecule has 0 fully saturated rings. The molecular weight excluding hydrogens is 222 g/mol. The Morgan fingerprint density at radius 3 is 2.28 bits per heavy atom. The lowest BCUT2D eigenvalue weighted by molar-refractivity contribution is 0.560. The van der Waals surface area contributed by atoms with Gasteiger partial charge in [-0.2, -0.15) is 0 Å². The molecule has 0 amide bonds. The van der Waals surface area contributed by atoms with E-state index in [9.17, 15) is 0 Å². The van der Waals surface area contributed by atoms with Gasteiger partial charge in [-0.25, -0.2) is 4.98 Å². The van der Waals surface area contributed by atoms with Crippen molar-refractivity contribution in [2.24, 2.45) is 5.73 Å². The summed E-state index contributed by atoms with van der Waals surface area (Å²) in [7, 11) is 0. The Bertz CT molecular complexity index is 532. The number of aryl methyl sites for hydroxylation is 4. The van der Waals surface area contributed by atoms with Crippen molar-refractivity contribution >= 4 is 0 Å². The number of aromatic nitrogens is 2. The SMILES string of the molecule is Cc1cc(C)c(C(N)Cn2ccnc2C)c(C)c1. The molecule has 1 atom stereocenters. The second kappa shape index (κ2) is 4.94. The maximum absolute atomic E-state index is 6.36. The first-order valence-corrected chi connectivity index (χ1v) is 6.30. The summed E-state index contributed by atoms with van der Waals surface area (Å²) in [5.41, 5.74) is 11.5. The molecule has 3 nitrogen and oxygen atoms in total. The summed E-state index contributed by atoms with van der Waals surface area (Å²) >= 11 is 0. The predicted octanol–water partition coefficient (Wildman–Crippen LogP) is 2.82. The number of nitrogens with two attached hydrogens (primary N) is 1. The van der Waals surface area contributed by atoms with Gasteiger partial charge in [0.25, 0.3) is 0 Å². The first-order chi connectivity index (χ1) is 8.49. The summed E-state index contributed by atoms with van der Waals surface area (Å²) in [6.07, 6.45) is 3.80. The van der Waals surface area contributed by atoms with E-state index in [1.54, 1.807) is 0 Å². The fourth-order valence-electron chi connectivity index (χ4n) is 2.68. The van der Waals surface area contributed by atoms with Crippen LogP contribution in [-0.4, -0.2) is 9.55 Å². The van der Waals surface area contributed by atoms with E-state index in [0.29, 0.717) is 0 Å². The van der Waals surface area contributed by atoms with Gasteiger partial charge >= 0.3 is 0 Å². The highest BCUT2D eigenvalue weighted by atomic mass is 15.1. The zero-order chi connectivity index (χ0) is 13.3. The van der Waals surface area contributed by atoms with Gasteiger partial charge < -0.3 is 10.3 Å². The molecule has 2 aromatic rings. The summed E-state index contributed by atoms with van der Waals surface area (Å²) in [5, 5.41) is 0. The molecular formula is C15H21N3. The molecule has 0 saturated heterocycles. The van der Waals surface area contributed by atoms with E-state index in [1.807, 2.05) is 19.3 Å². The Labute approximate surface area is 109 Å². The zero-order valence-corrected chi connectivity index (χ0v) is 11.6. The van der Waals surface area contributed by atoms with Crippen LogP contribution < -0.4 is 5.73 Å². The minimum Gasteiger partial charge on any atom is -0.333 e. The van der Waals surface area contributed by atoms with Crippen LogP contribution in [0.2, 0.25) is 0 Å². The Balaban J connectivity index is 2.29. The molecule has 1 aromatic heterocycles. The van der Waals surface area contributed by atoms with Crippen LogP contribution in [0, 0.1) is 27.7 Å². The van der Waals surface area contributed by atoms with Gasteiger partial charge in [-0.05, 0) is 44.4 Å². The predicted molar refractivity (Wildman–Crippen MR) is 74.5 cm³/mol. The highest BCUT2D eigenvalue weighted by Gasteiger charge is 2.13. The Morgan fingerprint density at radius 2 is 1.78 bits per heavy atom. The molecule has 0 spiro atoms. The van der Waals surface area contributed by atoms with Crippen LogP contribution in [0.25, 0.3) is 0 Å². The van der Waals surface area contributed by atoms with Crippen LogP contribution in [0.5, 0.6) is 0 Å². The van der Waals surface area contributed by atoms with Gasteiger partial charge in [0.1, 0.15) is 5.82 Å². The van der Waals surface area contributed by atoms with E-state index in [1.165, 1.54) is 22.3 Å². The first kappa shape index (κ1) is 12.8. The number of nitrogens with zero attached hydrogens (tertiary/aromatic N) is 2. The molecule has 0 radical (unpaired) electrons. The Kier molecular flexibility index (Phi) is 3.53. The van der Waals surface area contributed by atoms with Gasteiger partial charge in [0.15, 0.2) is 0 Å². The van der Waals surface area contributed by atoms with Crippen LogP contribution in [0.4, 0.5) is 0 Å². The van der Waals surface area contributed by atoms with E-state index >= 15 is 0 Å². The van der Waals surface area contributed by atoms with Crippen molar-refractivity contribution in [1.82, 2.24) is 9.55 Å². The molecule has 1 heterocycles. The number of benzene rings is 1. The van der Waals surface area contributed by atoms with E-state index in [-0.39, 0.29) is 6.04 Å². The molecule has 18 heavy (non-hydrogen) atoms. The molecule has 0 aliphatic heterocycles. The Morgan fingerprint density at radius 1 is 1.17 bits per heavy atom. The lowest BCUT2D eigenvalue weighted by atomic mass is 9.94. The highest BCUT2D eigenvalue weighted by Crippen LogP contribution is 2.23. The minimum atomic E-state index is 0.0125. The third kappa shape index (κ3) is 2.46. The number of hydrogen-bond donors (Lipinski definition) is 1. The molecule has 0 bridgehead atoms. The average Bonchev–Trinajstić information content (AvgIpc) is 2.62. The average molecular weight is 243 g/mol. The van der Waals surface area contributed by atoms with Crippen molar-refractivity contribution in [1.29, 1.82) is 0 Å². The topological polar surface area (TPSA) is 43.8 Å². The van der Waals surface area contributed by atoms with E-state index in [0.717, 1.165) is 12.4 Å². The maximum atomic E-state index is 6.36. The third-order valence-corrected chi connectivity index (χ3v) is 3.43. The monoisotopic (exact) mass is 243 g/mol. The molecule has 0 saturated carbocycles. The van der Waals surface area contributed by atoms with Crippen molar-refractivity contribution in [2.75, 3.05) is 0 Å². The first-order valence-electron chi connectivity index (χ1n) is 6.30. The van der Waals surface area contributed by atoms with Crippen LogP contribution in [0.3, 0.4) is 0 Å². The van der Waals surface area contributed by atoms with Gasteiger partial charge in [0.05, 0.1) is 0 Å². The second-order valence-corrected chi connectivity index (χ2v) is 5.05. The van der Waals surface area contributed by atoms with Crippen molar-refractivity contribution in [3.8, 4) is 0 Å². The quantitative estimate of drug-likeness (QED) is 0.901. The summed E-state index contributed by atoms with van der Waals surface area (Å²) in [6, 6.07) is 4.41. The van der Waals surface area contributed by atoms with E-state index in [2.05, 4.69) is 42.5 Å². The standard InChI is InChI=1S/C15H21N3/c1-10-7-11(2)15(12(3)8-10)14(16)9-18-6-5-17-13(18)4/h5-8,14H,9,16H2,1-4H3. The number of imidazole rings is 1. The van der Waals surface area contributed by atoms with Crippen molar-refractivity contribution in [3.63, 3.8) is 0 Å². The Hall–Kier alpha value is -1.61. The third-order valence-electron chi connectivity index (χ3n) is 3.43. The molecule has 96 valence electrons. The van der Waals surface area contributed by atoms with Crippen LogP contribution in [-0.2, 0) is 6.54 Å². The van der Waals surface area contributed by atoms with Crippen LogP contribution in [0.15, 0.2) is 24.5 Å². The molecule has 3 heteroatoms. The fraction of sp³-hybridized carbons (Fsp3) is 0.400. The molecule has 2 N–H and O–H groups in total. The second-order valence-electron chi connectivity index (χ2n) is 5.05. The van der Waals surface area contributed by atoms with Gasteiger partial charge in [0.2, 0.25) is 0 Å². The maximum Gasteiger partial charge on any atom is 0.105 e. The van der Waals surface area contributed by atoms with Gasteiger partial charge in [-0.3, -0.25) is 0 Å². The van der Waals surface area contributed by atoms with Crippen molar-refractivity contribution < 1.29 is 0 Å². The van der Waals surface area contributed by atoms with Gasteiger partial charge in [-0.15, -0.1) is 0 Å². The molecule has 1 unspecified atom stereocenters. The molecule has 2 rings (SSSR count). The molecule has 0 aliphatic rings. The number of rotatable bonds is 3. The van der Waals surface area contributed by atoms with Crippen LogP contribution >= 0.6 is 0 Å². The summed E-state index contributed by atoms with van der Waals surface area (Å²) in [6.45, 7) is 9.17. The highest BCUT2D eigenvalue weighted by molar-refractivity contribution is 5.39. The lowest BCUT2D eigenvalue weighted by Gasteiger charge is -2.19. The normalized spacial score (nSPS) is 12.7. The van der Waals surface area contributed by atoms with Gasteiger partial charge in [-0.1, -0.05) is 17.7 Å². The van der Waals surface area contributed by atoms with E-state index in [4.69, 9.17) is 5.73 Å². The summed E-state index contributed by atoms with van der Waals surface area (Å²) in [4.78, 5) is 4.23. The fourth-order valence-corrected chi connectivity index (χ4v) is 2.68. The summed E-state index contributed by atoms with van der Waals surface area (Å²) in [5.74, 6) is 1.01. The number of hydrogen-bond acceptors (Lipinski definition) is 2. The zero-order valence-electron chi connectivity index (χ0n) is 11.6. The van der Waals surface area contributed by atoms with Crippen LogP contribution in [0.1, 0.15) is 34.1 Å². The largest absolute Gasteiger partial charge is 0.333 e. The van der Waals surface area contributed by atoms with Gasteiger partial charge in [0, 0.05) is 25.0 Å². The van der Waals surface area contributed by atoms with Crippen molar-refractivity contribution in [2.45, 2.75) is 40.3 Å². The van der Waals surface area contributed by atoms with Crippen molar-refractivity contribution in [3.05, 3.63) is 52.6 Å². The smallest absolute Gasteiger partial charge is 0.105 e. The summed E-state index contributed by atoms with van der Waals surface area (Å²) < 4.78 is 2.10. The lowest BCUT2D eigenvalue weighted by Crippen LogP contribution is -2.20. The van der Waals surface area contributed by atoms with E-state index < -0.39 is 0 Å².